The maximum atomic E-state index is 2.33. The zero-order valence-corrected chi connectivity index (χ0v) is 12.7. The van der Waals surface area contributed by atoms with Crippen molar-refractivity contribution < 1.29 is 0 Å². The van der Waals surface area contributed by atoms with Gasteiger partial charge in [0.15, 0.2) is 0 Å². The predicted molar refractivity (Wildman–Crippen MR) is 82.2 cm³/mol. The summed E-state index contributed by atoms with van der Waals surface area (Å²) in [5.74, 6) is 0.668. The van der Waals surface area contributed by atoms with Gasteiger partial charge in [-0.25, -0.2) is 0 Å². The zero-order valence-electron chi connectivity index (χ0n) is 12.7. The highest BCUT2D eigenvalue weighted by atomic mass is 14.2. The molecule has 0 saturated carbocycles. The quantitative estimate of drug-likeness (QED) is 0.571. The van der Waals surface area contributed by atoms with Crippen LogP contribution in [0.25, 0.3) is 0 Å². The van der Waals surface area contributed by atoms with Crippen LogP contribution in [-0.4, -0.2) is 0 Å². The molecular formula is C18H28. The molecule has 0 fully saturated rings. The Hall–Kier alpha value is -1.04. The Kier molecular flexibility index (Phi) is 5.65. The van der Waals surface area contributed by atoms with Crippen molar-refractivity contribution in [1.29, 1.82) is 0 Å². The van der Waals surface area contributed by atoms with Crippen LogP contribution in [0.5, 0.6) is 0 Å². The van der Waals surface area contributed by atoms with Gasteiger partial charge in [0.1, 0.15) is 0 Å². The van der Waals surface area contributed by atoms with Crippen molar-refractivity contribution in [2.75, 3.05) is 0 Å². The molecule has 0 amide bonds. The Bertz CT molecular complexity index is 362. The van der Waals surface area contributed by atoms with Gasteiger partial charge in [-0.2, -0.15) is 0 Å². The summed E-state index contributed by atoms with van der Waals surface area (Å²) in [6.07, 6.45) is 8.11. The highest BCUT2D eigenvalue weighted by Crippen LogP contribution is 2.27. The van der Waals surface area contributed by atoms with Gasteiger partial charge in [0, 0.05) is 0 Å². The Morgan fingerprint density at radius 2 is 1.61 bits per heavy atom. The van der Waals surface area contributed by atoms with Gasteiger partial charge >= 0.3 is 0 Å². The fourth-order valence-electron chi connectivity index (χ4n) is 2.22. The molecule has 0 aliphatic carbocycles. The summed E-state index contributed by atoms with van der Waals surface area (Å²) in [5, 5.41) is 0. The largest absolute Gasteiger partial charge is 0.0888 e. The van der Waals surface area contributed by atoms with Crippen LogP contribution in [-0.2, 0) is 5.41 Å². The average molecular weight is 244 g/mol. The van der Waals surface area contributed by atoms with Crippen molar-refractivity contribution in [3.63, 3.8) is 0 Å². The van der Waals surface area contributed by atoms with Crippen LogP contribution in [0.15, 0.2) is 36.4 Å². The van der Waals surface area contributed by atoms with Gasteiger partial charge in [-0.1, -0.05) is 71.0 Å². The first kappa shape index (κ1) is 15.0. The van der Waals surface area contributed by atoms with Crippen LogP contribution in [0.4, 0.5) is 0 Å². The average Bonchev–Trinajstić information content (AvgIpc) is 2.34. The third-order valence-corrected chi connectivity index (χ3v) is 3.56. The number of benzene rings is 1. The maximum absolute atomic E-state index is 2.33. The highest BCUT2D eigenvalue weighted by molar-refractivity contribution is 5.29. The van der Waals surface area contributed by atoms with Crippen LogP contribution in [0.3, 0.4) is 0 Å². The molecule has 0 N–H and O–H groups in total. The Balaban J connectivity index is 2.79. The van der Waals surface area contributed by atoms with Gasteiger partial charge in [0.2, 0.25) is 0 Å². The lowest BCUT2D eigenvalue weighted by molar-refractivity contribution is 0.588. The van der Waals surface area contributed by atoms with Gasteiger partial charge in [-0.05, 0) is 41.7 Å². The molecule has 0 heterocycles. The molecule has 1 rings (SSSR count). The molecule has 1 unspecified atom stereocenters. The molecule has 100 valence electrons. The molecular weight excluding hydrogens is 216 g/mol. The molecule has 1 aromatic carbocycles. The van der Waals surface area contributed by atoms with Crippen molar-refractivity contribution in [1.82, 2.24) is 0 Å². The number of hydrogen-bond acceptors (Lipinski definition) is 0. The first-order chi connectivity index (χ1) is 8.49. The minimum atomic E-state index is 0.252. The second-order valence-electron chi connectivity index (χ2n) is 6.09. The molecule has 0 aliphatic rings. The Morgan fingerprint density at radius 1 is 1.00 bits per heavy atom. The van der Waals surface area contributed by atoms with E-state index in [1.165, 1.54) is 24.0 Å². The molecule has 0 nitrogen and oxygen atoms in total. The SMILES string of the molecule is CC/C=C\CC(CC)c1ccc(C(C)(C)C)cc1. The molecule has 0 spiro atoms. The van der Waals surface area contributed by atoms with E-state index in [2.05, 4.69) is 71.0 Å². The lowest BCUT2D eigenvalue weighted by atomic mass is 9.84. The minimum Gasteiger partial charge on any atom is -0.0888 e. The predicted octanol–water partition coefficient (Wildman–Crippen LogP) is 5.83. The van der Waals surface area contributed by atoms with Crippen molar-refractivity contribution >= 4 is 0 Å². The fraction of sp³-hybridized carbons (Fsp3) is 0.556. The number of allylic oxidation sites excluding steroid dienone is 2. The van der Waals surface area contributed by atoms with E-state index in [4.69, 9.17) is 0 Å². The molecule has 0 heteroatoms. The summed E-state index contributed by atoms with van der Waals surface area (Å²) in [6.45, 7) is 11.3. The third-order valence-electron chi connectivity index (χ3n) is 3.56. The van der Waals surface area contributed by atoms with Crippen LogP contribution in [0.1, 0.15) is 70.9 Å². The van der Waals surface area contributed by atoms with Gasteiger partial charge in [0.05, 0.1) is 0 Å². The van der Waals surface area contributed by atoms with E-state index in [1.54, 1.807) is 0 Å². The van der Waals surface area contributed by atoms with Crippen molar-refractivity contribution in [3.8, 4) is 0 Å². The third kappa shape index (κ3) is 4.33. The molecule has 18 heavy (non-hydrogen) atoms. The van der Waals surface area contributed by atoms with Gasteiger partial charge < -0.3 is 0 Å². The van der Waals surface area contributed by atoms with E-state index >= 15 is 0 Å². The lowest BCUT2D eigenvalue weighted by Crippen LogP contribution is -2.11. The first-order valence-corrected chi connectivity index (χ1v) is 7.24. The van der Waals surface area contributed by atoms with Crippen molar-refractivity contribution in [2.24, 2.45) is 0 Å². The van der Waals surface area contributed by atoms with Crippen LogP contribution < -0.4 is 0 Å². The number of rotatable bonds is 5. The zero-order chi connectivity index (χ0) is 13.6. The van der Waals surface area contributed by atoms with Gasteiger partial charge in [-0.15, -0.1) is 0 Å². The lowest BCUT2D eigenvalue weighted by Gasteiger charge is -2.20. The van der Waals surface area contributed by atoms with Gasteiger partial charge in [0.25, 0.3) is 0 Å². The summed E-state index contributed by atoms with van der Waals surface area (Å²) < 4.78 is 0. The minimum absolute atomic E-state index is 0.252. The second-order valence-corrected chi connectivity index (χ2v) is 6.09. The smallest absolute Gasteiger partial charge is 0.0130 e. The van der Waals surface area contributed by atoms with E-state index in [-0.39, 0.29) is 5.41 Å². The molecule has 1 atom stereocenters. The maximum Gasteiger partial charge on any atom is -0.0130 e. The molecule has 0 aliphatic heterocycles. The van der Waals surface area contributed by atoms with Gasteiger partial charge in [-0.3, -0.25) is 0 Å². The van der Waals surface area contributed by atoms with Crippen molar-refractivity contribution in [2.45, 2.75) is 65.2 Å². The van der Waals surface area contributed by atoms with Crippen LogP contribution in [0.2, 0.25) is 0 Å². The van der Waals surface area contributed by atoms with E-state index in [1.807, 2.05) is 0 Å². The Labute approximate surface area is 113 Å². The summed E-state index contributed by atoms with van der Waals surface area (Å²) in [6, 6.07) is 9.21. The monoisotopic (exact) mass is 244 g/mol. The summed E-state index contributed by atoms with van der Waals surface area (Å²) in [7, 11) is 0. The van der Waals surface area contributed by atoms with Crippen LogP contribution >= 0.6 is 0 Å². The van der Waals surface area contributed by atoms with E-state index in [0.29, 0.717) is 5.92 Å². The van der Waals surface area contributed by atoms with E-state index < -0.39 is 0 Å². The standard InChI is InChI=1S/C18H28/c1-6-8-9-10-15(7-2)16-11-13-17(14-12-16)18(3,4)5/h8-9,11-15H,6-7,10H2,1-5H3/b9-8-. The van der Waals surface area contributed by atoms with Crippen LogP contribution in [0, 0.1) is 0 Å². The number of hydrogen-bond donors (Lipinski definition) is 0. The molecule has 0 aromatic heterocycles. The van der Waals surface area contributed by atoms with E-state index in [9.17, 15) is 0 Å². The topological polar surface area (TPSA) is 0 Å². The molecule has 1 aromatic rings. The summed E-state index contributed by atoms with van der Waals surface area (Å²) in [5.41, 5.74) is 3.15. The summed E-state index contributed by atoms with van der Waals surface area (Å²) in [4.78, 5) is 0. The van der Waals surface area contributed by atoms with Crippen molar-refractivity contribution in [3.05, 3.63) is 47.5 Å². The molecule has 0 saturated heterocycles. The Morgan fingerprint density at radius 3 is 2.06 bits per heavy atom. The second kappa shape index (κ2) is 6.78. The molecule has 0 radical (unpaired) electrons. The normalized spacial score (nSPS) is 14.1. The van der Waals surface area contributed by atoms with E-state index in [0.717, 1.165) is 6.42 Å². The first-order valence-electron chi connectivity index (χ1n) is 7.24. The molecule has 0 bridgehead atoms. The fourth-order valence-corrected chi connectivity index (χ4v) is 2.22. The highest BCUT2D eigenvalue weighted by Gasteiger charge is 2.14. The summed E-state index contributed by atoms with van der Waals surface area (Å²) >= 11 is 0.